The van der Waals surface area contributed by atoms with Crippen LogP contribution in [0.3, 0.4) is 0 Å². The van der Waals surface area contributed by atoms with Gasteiger partial charge in [0.1, 0.15) is 0 Å². The Morgan fingerprint density at radius 1 is 1.42 bits per heavy atom. The van der Waals surface area contributed by atoms with Crippen LogP contribution in [0.4, 0.5) is 0 Å². The molecule has 0 amide bonds. The van der Waals surface area contributed by atoms with Gasteiger partial charge < -0.3 is 10.1 Å². The van der Waals surface area contributed by atoms with Gasteiger partial charge in [-0.1, -0.05) is 24.6 Å². The van der Waals surface area contributed by atoms with Crippen molar-refractivity contribution in [1.29, 1.82) is 0 Å². The number of halogens is 2. The molecule has 0 spiro atoms. The molecule has 1 aromatic carbocycles. The van der Waals surface area contributed by atoms with Crippen LogP contribution in [0.15, 0.2) is 22.7 Å². The molecule has 108 valence electrons. The minimum atomic E-state index is -0.0860. The lowest BCUT2D eigenvalue weighted by atomic mass is 9.95. The molecule has 0 aliphatic heterocycles. The highest BCUT2D eigenvalue weighted by Gasteiger charge is 2.20. The van der Waals surface area contributed by atoms with E-state index in [0.29, 0.717) is 6.04 Å². The van der Waals surface area contributed by atoms with Gasteiger partial charge in [-0.3, -0.25) is 0 Å². The van der Waals surface area contributed by atoms with Crippen molar-refractivity contribution >= 4 is 27.5 Å². The van der Waals surface area contributed by atoms with Gasteiger partial charge in [0.25, 0.3) is 0 Å². The van der Waals surface area contributed by atoms with E-state index in [1.165, 1.54) is 5.56 Å². The molecule has 0 saturated heterocycles. The summed E-state index contributed by atoms with van der Waals surface area (Å²) >= 11 is 9.53. The number of nitrogens with one attached hydrogen (secondary N) is 1. The highest BCUT2D eigenvalue weighted by Crippen LogP contribution is 2.29. The summed E-state index contributed by atoms with van der Waals surface area (Å²) in [5.74, 6) is 0. The first kappa shape index (κ1) is 17.0. The SMILES string of the molecule is CCNC(CCC(C)(C)OC)c1ccc(Cl)c(Br)c1. The second-order valence-corrected chi connectivity index (χ2v) is 6.55. The summed E-state index contributed by atoms with van der Waals surface area (Å²) in [5, 5.41) is 4.27. The van der Waals surface area contributed by atoms with Crippen LogP contribution >= 0.6 is 27.5 Å². The molecule has 1 unspecified atom stereocenters. The van der Waals surface area contributed by atoms with Gasteiger partial charge in [0, 0.05) is 17.6 Å². The summed E-state index contributed by atoms with van der Waals surface area (Å²) < 4.78 is 6.43. The first-order valence-electron chi connectivity index (χ1n) is 6.63. The Kier molecular flexibility index (Phi) is 6.81. The van der Waals surface area contributed by atoms with E-state index in [2.05, 4.69) is 54.2 Å². The normalized spacial score (nSPS) is 13.6. The maximum Gasteiger partial charge on any atom is 0.0623 e. The van der Waals surface area contributed by atoms with Crippen molar-refractivity contribution in [3.8, 4) is 0 Å². The van der Waals surface area contributed by atoms with Gasteiger partial charge in [-0.25, -0.2) is 0 Å². The van der Waals surface area contributed by atoms with E-state index < -0.39 is 0 Å². The van der Waals surface area contributed by atoms with Crippen LogP contribution in [0.1, 0.15) is 45.2 Å². The number of benzene rings is 1. The third kappa shape index (κ3) is 5.42. The van der Waals surface area contributed by atoms with E-state index in [1.54, 1.807) is 7.11 Å². The van der Waals surface area contributed by atoms with Crippen LogP contribution in [0, 0.1) is 0 Å². The zero-order chi connectivity index (χ0) is 14.5. The molecule has 0 heterocycles. The average molecular weight is 349 g/mol. The van der Waals surface area contributed by atoms with E-state index in [0.717, 1.165) is 28.9 Å². The van der Waals surface area contributed by atoms with Gasteiger partial charge in [-0.05, 0) is 66.9 Å². The molecular weight excluding hydrogens is 326 g/mol. The van der Waals surface area contributed by atoms with Crippen LogP contribution in [0.5, 0.6) is 0 Å². The predicted molar refractivity (Wildman–Crippen MR) is 85.9 cm³/mol. The Hall–Kier alpha value is -0.0900. The number of methoxy groups -OCH3 is 1. The first-order chi connectivity index (χ1) is 8.89. The van der Waals surface area contributed by atoms with Gasteiger partial charge >= 0.3 is 0 Å². The standard InChI is InChI=1S/C15H23BrClNO/c1-5-18-14(8-9-15(2,3)19-4)11-6-7-13(17)12(16)10-11/h6-7,10,14,18H,5,8-9H2,1-4H3. The summed E-state index contributed by atoms with van der Waals surface area (Å²) in [5.41, 5.74) is 1.17. The lowest BCUT2D eigenvalue weighted by Gasteiger charge is -2.26. The smallest absolute Gasteiger partial charge is 0.0623 e. The summed E-state index contributed by atoms with van der Waals surface area (Å²) in [7, 11) is 1.77. The minimum absolute atomic E-state index is 0.0860. The van der Waals surface area contributed by atoms with Crippen molar-refractivity contribution in [3.05, 3.63) is 33.3 Å². The third-order valence-corrected chi connectivity index (χ3v) is 4.60. The van der Waals surface area contributed by atoms with Gasteiger partial charge in [0.05, 0.1) is 10.6 Å². The molecule has 0 radical (unpaired) electrons. The second kappa shape index (κ2) is 7.63. The number of ether oxygens (including phenoxy) is 1. The molecule has 0 aliphatic rings. The van der Waals surface area contributed by atoms with E-state index in [9.17, 15) is 0 Å². The summed E-state index contributed by atoms with van der Waals surface area (Å²) in [6, 6.07) is 6.44. The van der Waals surface area contributed by atoms with Crippen LogP contribution in [0.2, 0.25) is 5.02 Å². The Morgan fingerprint density at radius 3 is 2.63 bits per heavy atom. The number of hydrogen-bond donors (Lipinski definition) is 1. The maximum absolute atomic E-state index is 6.05. The van der Waals surface area contributed by atoms with Gasteiger partial charge in [-0.2, -0.15) is 0 Å². The molecule has 1 aromatic rings. The van der Waals surface area contributed by atoms with Crippen molar-refractivity contribution < 1.29 is 4.74 Å². The maximum atomic E-state index is 6.05. The molecule has 0 aromatic heterocycles. The third-order valence-electron chi connectivity index (χ3n) is 3.38. The largest absolute Gasteiger partial charge is 0.379 e. The van der Waals surface area contributed by atoms with Gasteiger partial charge in [0.15, 0.2) is 0 Å². The molecule has 0 saturated carbocycles. The predicted octanol–water partition coefficient (Wildman–Crippen LogP) is 4.96. The topological polar surface area (TPSA) is 21.3 Å². The molecule has 19 heavy (non-hydrogen) atoms. The fraction of sp³-hybridized carbons (Fsp3) is 0.600. The summed E-state index contributed by atoms with van der Waals surface area (Å²) in [6.45, 7) is 7.30. The Labute approximate surface area is 130 Å². The Bertz CT molecular complexity index is 409. The van der Waals surface area contributed by atoms with Gasteiger partial charge in [0.2, 0.25) is 0 Å². The number of hydrogen-bond acceptors (Lipinski definition) is 2. The Balaban J connectivity index is 2.79. The lowest BCUT2D eigenvalue weighted by molar-refractivity contribution is 0.0117. The van der Waals surface area contributed by atoms with Crippen LogP contribution in [-0.2, 0) is 4.74 Å². The molecule has 0 aliphatic carbocycles. The summed E-state index contributed by atoms with van der Waals surface area (Å²) in [6.07, 6.45) is 2.03. The van der Waals surface area contributed by atoms with E-state index in [1.807, 2.05) is 6.07 Å². The molecule has 1 atom stereocenters. The highest BCUT2D eigenvalue weighted by atomic mass is 79.9. The molecular formula is C15H23BrClNO. The fourth-order valence-electron chi connectivity index (χ4n) is 1.96. The van der Waals surface area contributed by atoms with Crippen molar-refractivity contribution in [3.63, 3.8) is 0 Å². The van der Waals surface area contributed by atoms with E-state index in [4.69, 9.17) is 16.3 Å². The molecule has 0 fully saturated rings. The fourth-order valence-corrected chi connectivity index (χ4v) is 2.47. The van der Waals surface area contributed by atoms with Crippen LogP contribution in [-0.4, -0.2) is 19.3 Å². The van der Waals surface area contributed by atoms with E-state index in [-0.39, 0.29) is 5.60 Å². The van der Waals surface area contributed by atoms with Crippen LogP contribution < -0.4 is 5.32 Å². The molecule has 0 bridgehead atoms. The highest BCUT2D eigenvalue weighted by molar-refractivity contribution is 9.10. The van der Waals surface area contributed by atoms with Gasteiger partial charge in [-0.15, -0.1) is 0 Å². The van der Waals surface area contributed by atoms with E-state index >= 15 is 0 Å². The average Bonchev–Trinajstić information content (AvgIpc) is 2.38. The van der Waals surface area contributed by atoms with Crippen LogP contribution in [0.25, 0.3) is 0 Å². The number of rotatable bonds is 7. The van der Waals surface area contributed by atoms with Crippen molar-refractivity contribution in [2.45, 2.75) is 45.3 Å². The van der Waals surface area contributed by atoms with Crippen molar-refractivity contribution in [2.24, 2.45) is 0 Å². The molecule has 4 heteroatoms. The quantitative estimate of drug-likeness (QED) is 0.752. The molecule has 1 N–H and O–H groups in total. The van der Waals surface area contributed by atoms with Crippen molar-refractivity contribution in [2.75, 3.05) is 13.7 Å². The van der Waals surface area contributed by atoms with Crippen molar-refractivity contribution in [1.82, 2.24) is 5.32 Å². The molecule has 1 rings (SSSR count). The Morgan fingerprint density at radius 2 is 2.11 bits per heavy atom. The zero-order valence-electron chi connectivity index (χ0n) is 12.1. The second-order valence-electron chi connectivity index (χ2n) is 5.29. The monoisotopic (exact) mass is 347 g/mol. The first-order valence-corrected chi connectivity index (χ1v) is 7.80. The zero-order valence-corrected chi connectivity index (χ0v) is 14.4. The molecule has 2 nitrogen and oxygen atoms in total. The minimum Gasteiger partial charge on any atom is -0.379 e. The lowest BCUT2D eigenvalue weighted by Crippen LogP contribution is -2.27. The summed E-state index contributed by atoms with van der Waals surface area (Å²) in [4.78, 5) is 0.